The maximum Gasteiger partial charge on any atom is 0.256 e. The highest BCUT2D eigenvalue weighted by molar-refractivity contribution is 5.99. The Bertz CT molecular complexity index is 638. The Hall–Kier alpha value is -2.36. The van der Waals surface area contributed by atoms with Crippen molar-refractivity contribution in [2.24, 2.45) is 0 Å². The molecule has 110 valence electrons. The molecule has 0 unspecified atom stereocenters. The molecule has 0 aliphatic rings. The number of nitrogens with one attached hydrogen (secondary N) is 1. The predicted molar refractivity (Wildman–Crippen MR) is 82.9 cm³/mol. The summed E-state index contributed by atoms with van der Waals surface area (Å²) in [5, 5.41) is 2.75. The molecule has 3 nitrogen and oxygen atoms in total. The highest BCUT2D eigenvalue weighted by Gasteiger charge is 2.17. The van der Waals surface area contributed by atoms with Gasteiger partial charge in [0.1, 0.15) is 5.82 Å². The number of halogens is 1. The standard InChI is InChI=1S/C17H19FN2O/c1-12-7-9-13(10-8-12)11-20(3)17(21)14-5-4-6-15(18)16(14)19-2/h4-10,19H,11H2,1-3H3. The molecule has 1 N–H and O–H groups in total. The van der Waals surface area contributed by atoms with Crippen LogP contribution in [0.1, 0.15) is 21.5 Å². The number of carbonyl (C=O) groups excluding carboxylic acids is 1. The van der Waals surface area contributed by atoms with Crippen molar-refractivity contribution in [3.63, 3.8) is 0 Å². The minimum Gasteiger partial charge on any atom is -0.385 e. The number of hydrogen-bond donors (Lipinski definition) is 1. The highest BCUT2D eigenvalue weighted by atomic mass is 19.1. The zero-order chi connectivity index (χ0) is 15.4. The number of carbonyl (C=O) groups is 1. The molecule has 0 aliphatic carbocycles. The van der Waals surface area contributed by atoms with Crippen molar-refractivity contribution in [3.8, 4) is 0 Å². The van der Waals surface area contributed by atoms with Crippen LogP contribution in [0.5, 0.6) is 0 Å². The van der Waals surface area contributed by atoms with Crippen LogP contribution in [-0.4, -0.2) is 24.9 Å². The molecule has 21 heavy (non-hydrogen) atoms. The van der Waals surface area contributed by atoms with Crippen molar-refractivity contribution in [2.45, 2.75) is 13.5 Å². The monoisotopic (exact) mass is 286 g/mol. The summed E-state index contributed by atoms with van der Waals surface area (Å²) in [7, 11) is 3.32. The van der Waals surface area contributed by atoms with Crippen molar-refractivity contribution >= 4 is 11.6 Å². The summed E-state index contributed by atoms with van der Waals surface area (Å²) in [6.07, 6.45) is 0. The molecule has 0 heterocycles. The number of para-hydroxylation sites is 1. The SMILES string of the molecule is CNc1c(F)cccc1C(=O)N(C)Cc1ccc(C)cc1. The Morgan fingerprint density at radius 3 is 2.48 bits per heavy atom. The molecule has 0 radical (unpaired) electrons. The Morgan fingerprint density at radius 2 is 1.86 bits per heavy atom. The average molecular weight is 286 g/mol. The van der Waals surface area contributed by atoms with Crippen LogP contribution in [0.4, 0.5) is 10.1 Å². The highest BCUT2D eigenvalue weighted by Crippen LogP contribution is 2.21. The Labute approximate surface area is 124 Å². The minimum atomic E-state index is -0.424. The van der Waals surface area contributed by atoms with Gasteiger partial charge in [-0.15, -0.1) is 0 Å². The second-order valence-corrected chi connectivity index (χ2v) is 5.06. The second-order valence-electron chi connectivity index (χ2n) is 5.06. The molecule has 0 bridgehead atoms. The third-order valence-corrected chi connectivity index (χ3v) is 3.38. The van der Waals surface area contributed by atoms with Crippen molar-refractivity contribution in [3.05, 3.63) is 65.0 Å². The molecule has 0 aromatic heterocycles. The van der Waals surface area contributed by atoms with Crippen molar-refractivity contribution in [1.82, 2.24) is 4.90 Å². The van der Waals surface area contributed by atoms with Crippen LogP contribution in [-0.2, 0) is 6.54 Å². The molecule has 0 saturated carbocycles. The summed E-state index contributed by atoms with van der Waals surface area (Å²) in [5.74, 6) is -0.633. The molecule has 0 aliphatic heterocycles. The van der Waals surface area contributed by atoms with E-state index in [9.17, 15) is 9.18 Å². The summed E-state index contributed by atoms with van der Waals surface area (Å²) < 4.78 is 13.7. The molecule has 0 saturated heterocycles. The molecular formula is C17H19FN2O. The third kappa shape index (κ3) is 3.40. The number of hydrogen-bond acceptors (Lipinski definition) is 2. The van der Waals surface area contributed by atoms with Gasteiger partial charge in [-0.1, -0.05) is 35.9 Å². The van der Waals surface area contributed by atoms with E-state index in [1.54, 1.807) is 31.1 Å². The number of aryl methyl sites for hydroxylation is 1. The number of nitrogens with zero attached hydrogens (tertiary/aromatic N) is 1. The largest absolute Gasteiger partial charge is 0.385 e. The first-order valence-corrected chi connectivity index (χ1v) is 6.80. The second kappa shape index (κ2) is 6.39. The molecule has 2 aromatic rings. The van der Waals surface area contributed by atoms with Gasteiger partial charge in [0.2, 0.25) is 0 Å². The molecule has 2 aromatic carbocycles. The molecule has 0 fully saturated rings. The van der Waals surface area contributed by atoms with Gasteiger partial charge in [0, 0.05) is 20.6 Å². The summed E-state index contributed by atoms with van der Waals surface area (Å²) in [6.45, 7) is 2.50. The molecule has 1 amide bonds. The lowest BCUT2D eigenvalue weighted by Crippen LogP contribution is -2.27. The summed E-state index contributed by atoms with van der Waals surface area (Å²) in [4.78, 5) is 14.1. The lowest BCUT2D eigenvalue weighted by Gasteiger charge is -2.19. The van der Waals surface area contributed by atoms with Gasteiger partial charge in [-0.25, -0.2) is 4.39 Å². The van der Waals surface area contributed by atoms with Gasteiger partial charge in [0.05, 0.1) is 11.3 Å². The number of rotatable bonds is 4. The van der Waals surface area contributed by atoms with Gasteiger partial charge in [0.15, 0.2) is 0 Å². The van der Waals surface area contributed by atoms with E-state index in [1.807, 2.05) is 31.2 Å². The van der Waals surface area contributed by atoms with Crippen LogP contribution >= 0.6 is 0 Å². The maximum absolute atomic E-state index is 13.7. The first-order chi connectivity index (χ1) is 10.0. The van der Waals surface area contributed by atoms with Crippen LogP contribution < -0.4 is 5.32 Å². The predicted octanol–water partition coefficient (Wildman–Crippen LogP) is 3.45. The van der Waals surface area contributed by atoms with Gasteiger partial charge in [-0.05, 0) is 24.6 Å². The summed E-state index contributed by atoms with van der Waals surface area (Å²) >= 11 is 0. The van der Waals surface area contributed by atoms with E-state index in [0.29, 0.717) is 12.1 Å². The van der Waals surface area contributed by atoms with Crippen molar-refractivity contribution in [2.75, 3.05) is 19.4 Å². The number of benzene rings is 2. The van der Waals surface area contributed by atoms with Crippen LogP contribution in [0.25, 0.3) is 0 Å². The van der Waals surface area contributed by atoms with E-state index in [0.717, 1.165) is 5.56 Å². The molecule has 0 atom stereocenters. The van der Waals surface area contributed by atoms with Gasteiger partial charge >= 0.3 is 0 Å². The van der Waals surface area contributed by atoms with E-state index < -0.39 is 5.82 Å². The zero-order valence-electron chi connectivity index (χ0n) is 12.5. The van der Waals surface area contributed by atoms with Crippen molar-refractivity contribution < 1.29 is 9.18 Å². The van der Waals surface area contributed by atoms with Gasteiger partial charge in [0.25, 0.3) is 5.91 Å². The van der Waals surface area contributed by atoms with Crippen LogP contribution in [0.3, 0.4) is 0 Å². The summed E-state index contributed by atoms with van der Waals surface area (Å²) in [6, 6.07) is 12.5. The fraction of sp³-hybridized carbons (Fsp3) is 0.235. The van der Waals surface area contributed by atoms with E-state index in [-0.39, 0.29) is 11.6 Å². The first-order valence-electron chi connectivity index (χ1n) is 6.80. The molecule has 4 heteroatoms. The van der Waals surface area contributed by atoms with E-state index in [4.69, 9.17) is 0 Å². The number of anilines is 1. The quantitative estimate of drug-likeness (QED) is 0.933. The lowest BCUT2D eigenvalue weighted by atomic mass is 10.1. The Balaban J connectivity index is 2.19. The normalized spacial score (nSPS) is 10.3. The third-order valence-electron chi connectivity index (χ3n) is 3.38. The molecular weight excluding hydrogens is 267 g/mol. The molecule has 2 rings (SSSR count). The van der Waals surface area contributed by atoms with E-state index in [1.165, 1.54) is 11.6 Å². The fourth-order valence-electron chi connectivity index (χ4n) is 2.20. The smallest absolute Gasteiger partial charge is 0.256 e. The number of amides is 1. The van der Waals surface area contributed by atoms with E-state index in [2.05, 4.69) is 5.32 Å². The minimum absolute atomic E-state index is 0.209. The average Bonchev–Trinajstić information content (AvgIpc) is 2.48. The lowest BCUT2D eigenvalue weighted by molar-refractivity contribution is 0.0785. The van der Waals surface area contributed by atoms with E-state index >= 15 is 0 Å². The van der Waals surface area contributed by atoms with Crippen LogP contribution in [0.2, 0.25) is 0 Å². The Kier molecular flexibility index (Phi) is 4.58. The van der Waals surface area contributed by atoms with Gasteiger partial charge < -0.3 is 10.2 Å². The maximum atomic E-state index is 13.7. The first kappa shape index (κ1) is 15.0. The zero-order valence-corrected chi connectivity index (χ0v) is 12.5. The van der Waals surface area contributed by atoms with Crippen LogP contribution in [0.15, 0.2) is 42.5 Å². The van der Waals surface area contributed by atoms with Gasteiger partial charge in [-0.2, -0.15) is 0 Å². The van der Waals surface area contributed by atoms with Crippen molar-refractivity contribution in [1.29, 1.82) is 0 Å². The Morgan fingerprint density at radius 1 is 1.19 bits per heavy atom. The topological polar surface area (TPSA) is 32.3 Å². The van der Waals surface area contributed by atoms with Gasteiger partial charge in [-0.3, -0.25) is 4.79 Å². The van der Waals surface area contributed by atoms with Crippen LogP contribution in [0, 0.1) is 12.7 Å². The summed E-state index contributed by atoms with van der Waals surface area (Å²) in [5.41, 5.74) is 2.79. The molecule has 0 spiro atoms. The fourth-order valence-corrected chi connectivity index (χ4v) is 2.20.